The molecule has 19 heavy (non-hydrogen) atoms. The van der Waals surface area contributed by atoms with E-state index in [1.165, 1.54) is 0 Å². The van der Waals surface area contributed by atoms with Crippen molar-refractivity contribution < 1.29 is 5.11 Å². The average Bonchev–Trinajstić information content (AvgIpc) is 2.66. The lowest BCUT2D eigenvalue weighted by Gasteiger charge is -2.15. The molecule has 0 saturated carbocycles. The second kappa shape index (κ2) is 6.17. The Hall–Kier alpha value is -1.39. The van der Waals surface area contributed by atoms with Crippen molar-refractivity contribution in [2.75, 3.05) is 13.1 Å². The van der Waals surface area contributed by atoms with Crippen LogP contribution in [0.5, 0.6) is 0 Å². The van der Waals surface area contributed by atoms with Gasteiger partial charge in [-0.05, 0) is 31.5 Å². The summed E-state index contributed by atoms with van der Waals surface area (Å²) in [4.78, 5) is 4.51. The lowest BCUT2D eigenvalue weighted by Crippen LogP contribution is -2.32. The van der Waals surface area contributed by atoms with Crippen LogP contribution in [0.25, 0.3) is 11.0 Å². The van der Waals surface area contributed by atoms with E-state index in [1.54, 1.807) is 0 Å². The minimum Gasteiger partial charge on any atom is -0.390 e. The molecule has 0 fully saturated rings. The Kier molecular flexibility index (Phi) is 4.56. The predicted molar refractivity (Wildman–Crippen MR) is 78.2 cm³/mol. The number of benzene rings is 1. The largest absolute Gasteiger partial charge is 0.390 e. The molecule has 1 unspecified atom stereocenters. The Balaban J connectivity index is 2.02. The van der Waals surface area contributed by atoms with Crippen LogP contribution in [0.3, 0.4) is 0 Å². The zero-order chi connectivity index (χ0) is 13.8. The summed E-state index contributed by atoms with van der Waals surface area (Å²) in [5, 5.41) is 13.4. The molecule has 4 heteroatoms. The highest BCUT2D eigenvalue weighted by molar-refractivity contribution is 5.75. The summed E-state index contributed by atoms with van der Waals surface area (Å²) >= 11 is 0. The number of aliphatic hydroxyl groups is 1. The molecule has 2 N–H and O–H groups in total. The van der Waals surface area contributed by atoms with Gasteiger partial charge in [0, 0.05) is 6.54 Å². The van der Waals surface area contributed by atoms with E-state index in [9.17, 15) is 5.11 Å². The molecule has 0 saturated heterocycles. The van der Waals surface area contributed by atoms with Crippen molar-refractivity contribution in [1.82, 2.24) is 14.9 Å². The van der Waals surface area contributed by atoms with E-state index in [4.69, 9.17) is 0 Å². The summed E-state index contributed by atoms with van der Waals surface area (Å²) in [6, 6.07) is 8.04. The van der Waals surface area contributed by atoms with Gasteiger partial charge < -0.3 is 15.0 Å². The molecule has 2 rings (SSSR count). The van der Waals surface area contributed by atoms with Crippen LogP contribution < -0.4 is 5.32 Å². The van der Waals surface area contributed by atoms with Crippen LogP contribution in [-0.2, 0) is 6.54 Å². The van der Waals surface area contributed by atoms with Crippen molar-refractivity contribution in [2.45, 2.75) is 33.4 Å². The first-order chi connectivity index (χ1) is 9.08. The van der Waals surface area contributed by atoms with Gasteiger partial charge in [0.1, 0.15) is 5.82 Å². The smallest absolute Gasteiger partial charge is 0.106 e. The number of imidazole rings is 1. The molecule has 0 aliphatic rings. The third kappa shape index (κ3) is 3.55. The zero-order valence-electron chi connectivity index (χ0n) is 11.9. The number of aliphatic hydroxyl groups excluding tert-OH is 1. The summed E-state index contributed by atoms with van der Waals surface area (Å²) in [6.07, 6.45) is -0.393. The molecule has 0 radical (unpaired) electrons. The second-order valence-corrected chi connectivity index (χ2v) is 5.46. The molecule has 1 aromatic heterocycles. The first kappa shape index (κ1) is 14.0. The van der Waals surface area contributed by atoms with Gasteiger partial charge >= 0.3 is 0 Å². The molecule has 104 valence electrons. The Morgan fingerprint density at radius 2 is 2.00 bits per heavy atom. The monoisotopic (exact) mass is 261 g/mol. The van der Waals surface area contributed by atoms with Crippen molar-refractivity contribution >= 4 is 11.0 Å². The van der Waals surface area contributed by atoms with Crippen molar-refractivity contribution in [3.05, 3.63) is 30.1 Å². The first-order valence-corrected chi connectivity index (χ1v) is 6.88. The highest BCUT2D eigenvalue weighted by atomic mass is 16.3. The van der Waals surface area contributed by atoms with Crippen LogP contribution in [-0.4, -0.2) is 33.9 Å². The summed E-state index contributed by atoms with van der Waals surface area (Å²) in [6.45, 7) is 8.43. The number of nitrogens with zero attached hydrogens (tertiary/aromatic N) is 2. The molecule has 0 aliphatic heterocycles. The second-order valence-electron chi connectivity index (χ2n) is 5.46. The Bertz CT molecular complexity index is 533. The molecule has 1 atom stereocenters. The van der Waals surface area contributed by atoms with Crippen LogP contribution in [0.15, 0.2) is 24.3 Å². The Morgan fingerprint density at radius 1 is 1.26 bits per heavy atom. The van der Waals surface area contributed by atoms with Crippen molar-refractivity contribution in [3.63, 3.8) is 0 Å². The molecular weight excluding hydrogens is 238 g/mol. The predicted octanol–water partition coefficient (Wildman–Crippen LogP) is 1.95. The fraction of sp³-hybridized carbons (Fsp3) is 0.533. The lowest BCUT2D eigenvalue weighted by atomic mass is 10.2. The van der Waals surface area contributed by atoms with Crippen LogP contribution in [0.4, 0.5) is 0 Å². The maximum atomic E-state index is 10.1. The van der Waals surface area contributed by atoms with Crippen LogP contribution in [0.1, 0.15) is 19.7 Å². The number of para-hydroxylation sites is 2. The summed E-state index contributed by atoms with van der Waals surface area (Å²) in [5.74, 6) is 1.55. The highest BCUT2D eigenvalue weighted by Gasteiger charge is 2.11. The van der Waals surface area contributed by atoms with Crippen LogP contribution in [0.2, 0.25) is 0 Å². The van der Waals surface area contributed by atoms with Crippen LogP contribution >= 0.6 is 0 Å². The number of rotatable bonds is 6. The fourth-order valence-corrected chi connectivity index (χ4v) is 2.24. The van der Waals surface area contributed by atoms with Gasteiger partial charge in [0.2, 0.25) is 0 Å². The van der Waals surface area contributed by atoms with Gasteiger partial charge in [-0.2, -0.15) is 0 Å². The van der Waals surface area contributed by atoms with E-state index in [-0.39, 0.29) is 0 Å². The van der Waals surface area contributed by atoms with E-state index >= 15 is 0 Å². The quantitative estimate of drug-likeness (QED) is 0.835. The molecule has 0 amide bonds. The topological polar surface area (TPSA) is 50.1 Å². The minimum atomic E-state index is -0.393. The number of aromatic nitrogens is 2. The summed E-state index contributed by atoms with van der Waals surface area (Å²) in [5.41, 5.74) is 2.07. The normalized spacial score (nSPS) is 13.3. The summed E-state index contributed by atoms with van der Waals surface area (Å²) in [7, 11) is 0. The van der Waals surface area contributed by atoms with Crippen molar-refractivity contribution in [1.29, 1.82) is 0 Å². The molecule has 1 heterocycles. The molecule has 1 aromatic carbocycles. The third-order valence-electron chi connectivity index (χ3n) is 3.17. The van der Waals surface area contributed by atoms with Crippen molar-refractivity contribution in [2.24, 2.45) is 5.92 Å². The van der Waals surface area contributed by atoms with E-state index in [1.807, 2.05) is 31.2 Å². The molecule has 0 bridgehead atoms. The molecule has 4 nitrogen and oxygen atoms in total. The number of aryl methyl sites for hydroxylation is 1. The lowest BCUT2D eigenvalue weighted by molar-refractivity contribution is 0.151. The zero-order valence-corrected chi connectivity index (χ0v) is 11.9. The third-order valence-corrected chi connectivity index (χ3v) is 3.17. The van der Waals surface area contributed by atoms with Gasteiger partial charge in [0.25, 0.3) is 0 Å². The fourth-order valence-electron chi connectivity index (χ4n) is 2.24. The van der Waals surface area contributed by atoms with Gasteiger partial charge in [-0.25, -0.2) is 4.98 Å². The molecule has 0 spiro atoms. The van der Waals surface area contributed by atoms with E-state index in [0.29, 0.717) is 19.0 Å². The standard InChI is InChI=1S/C15H23N3O/c1-11(2)8-16-9-13(19)10-18-12(3)17-14-6-4-5-7-15(14)18/h4-7,11,13,16,19H,8-10H2,1-3H3. The average molecular weight is 261 g/mol. The van der Waals surface area contributed by atoms with E-state index in [0.717, 1.165) is 23.4 Å². The SMILES string of the molecule is Cc1nc2ccccc2n1CC(O)CNCC(C)C. The van der Waals surface area contributed by atoms with Gasteiger partial charge in [0.15, 0.2) is 0 Å². The Labute approximate surface area is 114 Å². The molecular formula is C15H23N3O. The minimum absolute atomic E-state index is 0.393. The van der Waals surface area contributed by atoms with E-state index in [2.05, 4.69) is 28.7 Å². The highest BCUT2D eigenvalue weighted by Crippen LogP contribution is 2.15. The van der Waals surface area contributed by atoms with Gasteiger partial charge in [-0.3, -0.25) is 0 Å². The molecule has 0 aliphatic carbocycles. The van der Waals surface area contributed by atoms with Crippen LogP contribution in [0, 0.1) is 12.8 Å². The van der Waals surface area contributed by atoms with Gasteiger partial charge in [-0.15, -0.1) is 0 Å². The molecule has 2 aromatic rings. The number of hydrogen-bond acceptors (Lipinski definition) is 3. The summed E-state index contributed by atoms with van der Waals surface area (Å²) < 4.78 is 2.08. The maximum absolute atomic E-state index is 10.1. The number of hydrogen-bond donors (Lipinski definition) is 2. The number of fused-ring (bicyclic) bond motifs is 1. The first-order valence-electron chi connectivity index (χ1n) is 6.88. The van der Waals surface area contributed by atoms with Crippen molar-refractivity contribution in [3.8, 4) is 0 Å². The number of nitrogens with one attached hydrogen (secondary N) is 1. The maximum Gasteiger partial charge on any atom is 0.106 e. The van der Waals surface area contributed by atoms with Gasteiger partial charge in [0.05, 0.1) is 23.7 Å². The van der Waals surface area contributed by atoms with E-state index < -0.39 is 6.10 Å². The Morgan fingerprint density at radius 3 is 2.74 bits per heavy atom. The van der Waals surface area contributed by atoms with Gasteiger partial charge in [-0.1, -0.05) is 26.0 Å².